The molecule has 1 unspecified atom stereocenters. The Morgan fingerprint density at radius 1 is 1.40 bits per heavy atom. The van der Waals surface area contributed by atoms with Crippen molar-refractivity contribution >= 4 is 11.3 Å². The van der Waals surface area contributed by atoms with Gasteiger partial charge in [-0.1, -0.05) is 12.8 Å². The van der Waals surface area contributed by atoms with Crippen molar-refractivity contribution in [1.29, 1.82) is 0 Å². The van der Waals surface area contributed by atoms with E-state index in [4.69, 9.17) is 0 Å². The number of thiazole rings is 1. The predicted molar refractivity (Wildman–Crippen MR) is 65.1 cm³/mol. The molecule has 1 aromatic heterocycles. The van der Waals surface area contributed by atoms with Crippen LogP contribution in [0.25, 0.3) is 0 Å². The molecule has 2 atom stereocenters. The van der Waals surface area contributed by atoms with E-state index in [-0.39, 0.29) is 0 Å². The van der Waals surface area contributed by atoms with Crippen molar-refractivity contribution in [3.8, 4) is 0 Å². The third-order valence-corrected chi connectivity index (χ3v) is 4.46. The summed E-state index contributed by atoms with van der Waals surface area (Å²) in [6.07, 6.45) is 7.63. The van der Waals surface area contributed by atoms with Gasteiger partial charge in [-0.05, 0) is 32.6 Å². The Kier molecular flexibility index (Phi) is 3.76. The van der Waals surface area contributed by atoms with E-state index in [1.54, 1.807) is 11.3 Å². The van der Waals surface area contributed by atoms with E-state index in [1.165, 1.54) is 30.6 Å². The summed E-state index contributed by atoms with van der Waals surface area (Å²) in [5.41, 5.74) is 1.91. The largest absolute Gasteiger partial charge is 0.307 e. The molecule has 0 bridgehead atoms. The molecule has 2 rings (SSSR count). The molecular formula is C12H20N2S. The van der Waals surface area contributed by atoms with Gasteiger partial charge >= 0.3 is 0 Å². The Labute approximate surface area is 96.1 Å². The summed E-state index contributed by atoms with van der Waals surface area (Å²) in [6.45, 7) is 4.56. The van der Waals surface area contributed by atoms with E-state index < -0.39 is 0 Å². The predicted octanol–water partition coefficient (Wildman–Crippen LogP) is 3.37. The first-order valence-corrected chi connectivity index (χ1v) is 6.80. The van der Waals surface area contributed by atoms with Gasteiger partial charge in [-0.15, -0.1) is 11.3 Å². The average molecular weight is 224 g/mol. The van der Waals surface area contributed by atoms with Crippen molar-refractivity contribution in [3.63, 3.8) is 0 Å². The lowest BCUT2D eigenvalue weighted by Gasteiger charge is -2.24. The van der Waals surface area contributed by atoms with Crippen molar-refractivity contribution in [2.24, 2.45) is 5.92 Å². The van der Waals surface area contributed by atoms with Crippen LogP contribution < -0.4 is 5.32 Å². The number of hydrogen-bond acceptors (Lipinski definition) is 3. The van der Waals surface area contributed by atoms with Crippen LogP contribution in [0.5, 0.6) is 0 Å². The molecule has 1 aliphatic rings. The quantitative estimate of drug-likeness (QED) is 0.848. The molecule has 0 amide bonds. The summed E-state index contributed by atoms with van der Waals surface area (Å²) < 4.78 is 0. The second kappa shape index (κ2) is 5.08. The highest BCUT2D eigenvalue weighted by Crippen LogP contribution is 2.29. The summed E-state index contributed by atoms with van der Waals surface area (Å²) in [4.78, 5) is 5.47. The zero-order valence-corrected chi connectivity index (χ0v) is 10.4. The molecule has 0 radical (unpaired) electrons. The van der Waals surface area contributed by atoms with Crippen LogP contribution >= 0.6 is 11.3 Å². The fourth-order valence-corrected chi connectivity index (χ4v) is 3.15. The number of hydrogen-bond donors (Lipinski definition) is 1. The standard InChI is InChI=1S/C12H20N2S/c1-9(11-5-3-4-6-11)14-10(2)12-7-13-8-15-12/h7-11,14H,3-6H2,1-2H3/t9-,10?/m0/s1. The van der Waals surface area contributed by atoms with Crippen LogP contribution in [-0.4, -0.2) is 11.0 Å². The summed E-state index contributed by atoms with van der Waals surface area (Å²) in [6, 6.07) is 1.10. The summed E-state index contributed by atoms with van der Waals surface area (Å²) in [5.74, 6) is 0.889. The molecule has 1 N–H and O–H groups in total. The zero-order chi connectivity index (χ0) is 10.7. The Hall–Kier alpha value is -0.410. The van der Waals surface area contributed by atoms with Gasteiger partial charge < -0.3 is 5.32 Å². The van der Waals surface area contributed by atoms with Crippen molar-refractivity contribution in [3.05, 3.63) is 16.6 Å². The van der Waals surface area contributed by atoms with E-state index in [1.807, 2.05) is 11.7 Å². The Morgan fingerprint density at radius 3 is 2.73 bits per heavy atom. The second-order valence-corrected chi connectivity index (χ2v) is 5.54. The van der Waals surface area contributed by atoms with E-state index in [0.29, 0.717) is 12.1 Å². The fraction of sp³-hybridized carbons (Fsp3) is 0.750. The molecule has 84 valence electrons. The molecule has 15 heavy (non-hydrogen) atoms. The maximum absolute atomic E-state index is 4.13. The molecule has 0 aromatic carbocycles. The minimum atomic E-state index is 0.452. The first kappa shape index (κ1) is 11.1. The van der Waals surface area contributed by atoms with Gasteiger partial charge in [0, 0.05) is 23.2 Å². The van der Waals surface area contributed by atoms with Crippen molar-refractivity contribution in [1.82, 2.24) is 10.3 Å². The van der Waals surface area contributed by atoms with Crippen LogP contribution in [0.1, 0.15) is 50.4 Å². The second-order valence-electron chi connectivity index (χ2n) is 4.63. The van der Waals surface area contributed by atoms with Gasteiger partial charge in [0.25, 0.3) is 0 Å². The van der Waals surface area contributed by atoms with Crippen molar-refractivity contribution < 1.29 is 0 Å². The summed E-state index contributed by atoms with van der Waals surface area (Å²) in [5, 5.41) is 3.69. The van der Waals surface area contributed by atoms with Gasteiger partial charge in [-0.3, -0.25) is 4.98 Å². The fourth-order valence-electron chi connectivity index (χ4n) is 2.51. The highest BCUT2D eigenvalue weighted by atomic mass is 32.1. The number of nitrogens with zero attached hydrogens (tertiary/aromatic N) is 1. The molecule has 2 nitrogen and oxygen atoms in total. The lowest BCUT2D eigenvalue weighted by molar-refractivity contribution is 0.354. The molecule has 1 aromatic rings. The normalized spacial score (nSPS) is 21.7. The monoisotopic (exact) mass is 224 g/mol. The van der Waals surface area contributed by atoms with Gasteiger partial charge in [0.1, 0.15) is 0 Å². The van der Waals surface area contributed by atoms with Gasteiger partial charge in [0.2, 0.25) is 0 Å². The van der Waals surface area contributed by atoms with E-state index in [2.05, 4.69) is 24.1 Å². The number of rotatable bonds is 4. The SMILES string of the molecule is CC(N[C@@H](C)C1CCCC1)c1cncs1. The molecule has 1 fully saturated rings. The smallest absolute Gasteiger partial charge is 0.0794 e. The van der Waals surface area contributed by atoms with Crippen LogP contribution in [0.2, 0.25) is 0 Å². The minimum Gasteiger partial charge on any atom is -0.307 e. The third-order valence-electron chi connectivity index (χ3n) is 3.50. The average Bonchev–Trinajstić information content (AvgIpc) is 2.91. The first-order chi connectivity index (χ1) is 7.27. The van der Waals surface area contributed by atoms with Gasteiger partial charge in [0.15, 0.2) is 0 Å². The maximum Gasteiger partial charge on any atom is 0.0794 e. The van der Waals surface area contributed by atoms with Gasteiger partial charge in [-0.25, -0.2) is 0 Å². The highest BCUT2D eigenvalue weighted by molar-refractivity contribution is 7.09. The topological polar surface area (TPSA) is 24.9 Å². The number of nitrogens with one attached hydrogen (secondary N) is 1. The molecule has 3 heteroatoms. The molecule has 0 spiro atoms. The third kappa shape index (κ3) is 2.79. The molecule has 0 saturated heterocycles. The number of aromatic nitrogens is 1. The first-order valence-electron chi connectivity index (χ1n) is 5.92. The van der Waals surface area contributed by atoms with Crippen LogP contribution in [0.4, 0.5) is 0 Å². The Morgan fingerprint density at radius 2 is 2.13 bits per heavy atom. The molecular weight excluding hydrogens is 204 g/mol. The van der Waals surface area contributed by atoms with Crippen molar-refractivity contribution in [2.75, 3.05) is 0 Å². The minimum absolute atomic E-state index is 0.452. The lowest BCUT2D eigenvalue weighted by atomic mass is 9.99. The van der Waals surface area contributed by atoms with Crippen molar-refractivity contribution in [2.45, 2.75) is 51.6 Å². The van der Waals surface area contributed by atoms with E-state index >= 15 is 0 Å². The highest BCUT2D eigenvalue weighted by Gasteiger charge is 2.22. The zero-order valence-electron chi connectivity index (χ0n) is 9.57. The van der Waals surface area contributed by atoms with Crippen LogP contribution in [-0.2, 0) is 0 Å². The molecule has 1 saturated carbocycles. The molecule has 1 heterocycles. The van der Waals surface area contributed by atoms with Crippen LogP contribution in [0.3, 0.4) is 0 Å². The summed E-state index contributed by atoms with van der Waals surface area (Å²) in [7, 11) is 0. The van der Waals surface area contributed by atoms with Gasteiger partial charge in [0.05, 0.1) is 5.51 Å². The van der Waals surface area contributed by atoms with Gasteiger partial charge in [-0.2, -0.15) is 0 Å². The summed E-state index contributed by atoms with van der Waals surface area (Å²) >= 11 is 1.74. The van der Waals surface area contributed by atoms with E-state index in [0.717, 1.165) is 5.92 Å². The molecule has 0 aliphatic heterocycles. The van der Waals surface area contributed by atoms with E-state index in [9.17, 15) is 0 Å². The maximum atomic E-state index is 4.13. The van der Waals surface area contributed by atoms with Crippen LogP contribution in [0.15, 0.2) is 11.7 Å². The Bertz CT molecular complexity index is 278. The van der Waals surface area contributed by atoms with Crippen LogP contribution in [0, 0.1) is 5.92 Å². The Balaban J connectivity index is 1.85. The molecule has 1 aliphatic carbocycles. The lowest BCUT2D eigenvalue weighted by Crippen LogP contribution is -2.33.